The van der Waals surface area contributed by atoms with Gasteiger partial charge < -0.3 is 9.84 Å². The van der Waals surface area contributed by atoms with Crippen LogP contribution in [-0.2, 0) is 0 Å². The van der Waals surface area contributed by atoms with Gasteiger partial charge in [0.2, 0.25) is 0 Å². The fourth-order valence-corrected chi connectivity index (χ4v) is 3.60. The molecule has 3 nitrogen and oxygen atoms in total. The summed E-state index contributed by atoms with van der Waals surface area (Å²) in [6.45, 7) is 2.64. The molecule has 1 N–H and O–H groups in total. The van der Waals surface area contributed by atoms with Gasteiger partial charge in [0.05, 0.1) is 6.04 Å². The predicted molar refractivity (Wildman–Crippen MR) is 80.1 cm³/mol. The molecule has 2 unspecified atom stereocenters. The number of hydrogen-bond donors (Lipinski definition) is 1. The highest BCUT2D eigenvalue weighted by molar-refractivity contribution is 5.40. The Hall–Kier alpha value is -1.06. The van der Waals surface area contributed by atoms with Gasteiger partial charge in [-0.15, -0.1) is 0 Å². The van der Waals surface area contributed by atoms with Gasteiger partial charge in [0.25, 0.3) is 0 Å². The fourth-order valence-electron chi connectivity index (χ4n) is 3.60. The monoisotopic (exact) mass is 275 g/mol. The van der Waals surface area contributed by atoms with Crippen LogP contribution in [0.5, 0.6) is 5.75 Å². The molecule has 1 aromatic rings. The molecule has 1 aliphatic heterocycles. The first-order valence-corrected chi connectivity index (χ1v) is 7.80. The molecule has 2 aliphatic rings. The molecule has 110 valence electrons. The van der Waals surface area contributed by atoms with Gasteiger partial charge >= 0.3 is 0 Å². The van der Waals surface area contributed by atoms with Crippen LogP contribution in [0.2, 0.25) is 0 Å². The van der Waals surface area contributed by atoms with Crippen LogP contribution in [-0.4, -0.2) is 35.7 Å². The second kappa shape index (κ2) is 5.74. The van der Waals surface area contributed by atoms with Crippen molar-refractivity contribution in [3.63, 3.8) is 0 Å². The van der Waals surface area contributed by atoms with E-state index in [0.717, 1.165) is 11.3 Å². The Morgan fingerprint density at radius 1 is 1.20 bits per heavy atom. The normalized spacial score (nSPS) is 27.2. The minimum Gasteiger partial charge on any atom is -0.491 e. The highest BCUT2D eigenvalue weighted by Gasteiger charge is 2.35. The zero-order valence-corrected chi connectivity index (χ0v) is 12.5. The molecular weight excluding hydrogens is 250 g/mol. The number of aryl methyl sites for hydroxylation is 1. The van der Waals surface area contributed by atoms with Crippen molar-refractivity contribution in [2.24, 2.45) is 0 Å². The maximum absolute atomic E-state index is 10.7. The second-order valence-corrected chi connectivity index (χ2v) is 6.32. The molecule has 3 rings (SSSR count). The van der Waals surface area contributed by atoms with E-state index >= 15 is 0 Å². The van der Waals surface area contributed by atoms with E-state index in [4.69, 9.17) is 4.74 Å². The lowest BCUT2D eigenvalue weighted by Gasteiger charge is -2.41. The minimum atomic E-state index is -0.439. The lowest BCUT2D eigenvalue weighted by atomic mass is 9.90. The zero-order chi connectivity index (χ0) is 14.1. The number of aliphatic hydroxyl groups excluding tert-OH is 1. The summed E-state index contributed by atoms with van der Waals surface area (Å²) >= 11 is 0. The van der Waals surface area contributed by atoms with Gasteiger partial charge in [0.1, 0.15) is 18.5 Å². The van der Waals surface area contributed by atoms with Gasteiger partial charge in [-0.25, -0.2) is 0 Å². The van der Waals surface area contributed by atoms with Crippen molar-refractivity contribution in [2.75, 3.05) is 13.7 Å². The number of nitrogens with zero attached hydrogens (tertiary/aromatic N) is 1. The number of ether oxygens (including phenoxy) is 1. The van der Waals surface area contributed by atoms with Gasteiger partial charge in [-0.1, -0.05) is 30.9 Å². The summed E-state index contributed by atoms with van der Waals surface area (Å²) < 4.78 is 5.87. The third kappa shape index (κ3) is 2.57. The van der Waals surface area contributed by atoms with E-state index in [2.05, 4.69) is 24.9 Å². The SMILES string of the molecule is Cc1ccc2c(c1)C(O)C(N(C)C1CCCCC1)CO2. The number of fused-ring (bicyclic) bond motifs is 1. The Balaban J connectivity index is 1.78. The molecule has 0 saturated heterocycles. The lowest BCUT2D eigenvalue weighted by Crippen LogP contribution is -2.49. The first-order valence-electron chi connectivity index (χ1n) is 7.80. The number of likely N-dealkylation sites (N-methyl/N-ethyl adjacent to an activating group) is 1. The molecule has 3 heteroatoms. The van der Waals surface area contributed by atoms with Crippen molar-refractivity contribution >= 4 is 0 Å². The van der Waals surface area contributed by atoms with Gasteiger partial charge in [-0.05, 0) is 38.9 Å². The van der Waals surface area contributed by atoms with Crippen molar-refractivity contribution in [1.82, 2.24) is 4.90 Å². The number of aliphatic hydroxyl groups is 1. The molecule has 1 saturated carbocycles. The number of hydrogen-bond acceptors (Lipinski definition) is 3. The first kappa shape index (κ1) is 13.9. The summed E-state index contributed by atoms with van der Waals surface area (Å²) in [6.07, 6.45) is 6.05. The Morgan fingerprint density at radius 2 is 1.95 bits per heavy atom. The summed E-state index contributed by atoms with van der Waals surface area (Å²) in [4.78, 5) is 2.36. The number of rotatable bonds is 2. The minimum absolute atomic E-state index is 0.0763. The molecular formula is C17H25NO2. The van der Waals surface area contributed by atoms with Crippen LogP contribution in [0.3, 0.4) is 0 Å². The third-order valence-electron chi connectivity index (χ3n) is 4.93. The van der Waals surface area contributed by atoms with Gasteiger partial charge in [-0.2, -0.15) is 0 Å². The van der Waals surface area contributed by atoms with Crippen molar-refractivity contribution in [3.05, 3.63) is 29.3 Å². The Kier molecular flexibility index (Phi) is 3.99. The lowest BCUT2D eigenvalue weighted by molar-refractivity contribution is -0.00997. The molecule has 2 atom stereocenters. The van der Waals surface area contributed by atoms with Crippen LogP contribution in [0.25, 0.3) is 0 Å². The quantitative estimate of drug-likeness (QED) is 0.900. The van der Waals surface area contributed by atoms with Gasteiger partial charge in [-0.3, -0.25) is 4.90 Å². The van der Waals surface area contributed by atoms with E-state index in [1.54, 1.807) is 0 Å². The average Bonchev–Trinajstić information content (AvgIpc) is 2.48. The van der Waals surface area contributed by atoms with Gasteiger partial charge in [0.15, 0.2) is 0 Å². The molecule has 0 spiro atoms. The molecule has 0 radical (unpaired) electrons. The van der Waals surface area contributed by atoms with E-state index in [0.29, 0.717) is 12.6 Å². The number of benzene rings is 1. The van der Waals surface area contributed by atoms with Crippen LogP contribution in [0, 0.1) is 6.92 Å². The van der Waals surface area contributed by atoms with Crippen LogP contribution < -0.4 is 4.74 Å². The summed E-state index contributed by atoms with van der Waals surface area (Å²) in [5, 5.41) is 10.7. The standard InChI is InChI=1S/C17H25NO2/c1-12-8-9-16-14(10-12)17(19)15(11-20-16)18(2)13-6-4-3-5-7-13/h8-10,13,15,17,19H,3-7,11H2,1-2H3. The topological polar surface area (TPSA) is 32.7 Å². The molecule has 0 aromatic heterocycles. The first-order chi connectivity index (χ1) is 9.66. The summed E-state index contributed by atoms with van der Waals surface area (Å²) in [7, 11) is 2.15. The molecule has 1 fully saturated rings. The van der Waals surface area contributed by atoms with Crippen LogP contribution in [0.1, 0.15) is 49.3 Å². The predicted octanol–water partition coefficient (Wildman–Crippen LogP) is 3.05. The molecule has 1 aliphatic carbocycles. The summed E-state index contributed by atoms with van der Waals surface area (Å²) in [6, 6.07) is 6.74. The fraction of sp³-hybridized carbons (Fsp3) is 0.647. The summed E-state index contributed by atoms with van der Waals surface area (Å²) in [5.41, 5.74) is 2.12. The van der Waals surface area contributed by atoms with Crippen LogP contribution in [0.15, 0.2) is 18.2 Å². The van der Waals surface area contributed by atoms with Crippen molar-refractivity contribution < 1.29 is 9.84 Å². The average molecular weight is 275 g/mol. The van der Waals surface area contributed by atoms with Crippen LogP contribution in [0.4, 0.5) is 0 Å². The second-order valence-electron chi connectivity index (χ2n) is 6.32. The highest BCUT2D eigenvalue weighted by Crippen LogP contribution is 2.36. The van der Waals surface area contributed by atoms with Gasteiger partial charge in [0, 0.05) is 11.6 Å². The summed E-state index contributed by atoms with van der Waals surface area (Å²) in [5.74, 6) is 0.844. The largest absolute Gasteiger partial charge is 0.491 e. The van der Waals surface area contributed by atoms with Crippen molar-refractivity contribution in [1.29, 1.82) is 0 Å². The molecule has 0 bridgehead atoms. The Bertz CT molecular complexity index is 468. The highest BCUT2D eigenvalue weighted by atomic mass is 16.5. The third-order valence-corrected chi connectivity index (χ3v) is 4.93. The van der Waals surface area contributed by atoms with E-state index in [-0.39, 0.29) is 6.04 Å². The maximum Gasteiger partial charge on any atom is 0.125 e. The van der Waals surface area contributed by atoms with E-state index in [1.807, 2.05) is 12.1 Å². The maximum atomic E-state index is 10.7. The smallest absolute Gasteiger partial charge is 0.125 e. The zero-order valence-electron chi connectivity index (χ0n) is 12.5. The molecule has 0 amide bonds. The van der Waals surface area contributed by atoms with Crippen molar-refractivity contribution in [3.8, 4) is 5.75 Å². The van der Waals surface area contributed by atoms with E-state index in [1.165, 1.54) is 37.7 Å². The molecule has 20 heavy (non-hydrogen) atoms. The molecule has 1 heterocycles. The molecule has 1 aromatic carbocycles. The van der Waals surface area contributed by atoms with E-state index < -0.39 is 6.10 Å². The Morgan fingerprint density at radius 3 is 2.70 bits per heavy atom. The van der Waals surface area contributed by atoms with Crippen LogP contribution >= 0.6 is 0 Å². The Labute approximate surface area is 121 Å². The van der Waals surface area contributed by atoms with Crippen molar-refractivity contribution in [2.45, 2.75) is 57.2 Å². The van der Waals surface area contributed by atoms with E-state index in [9.17, 15) is 5.11 Å².